The molecule has 0 saturated carbocycles. The van der Waals surface area contributed by atoms with Gasteiger partial charge < -0.3 is 15.1 Å². The van der Waals surface area contributed by atoms with E-state index in [0.717, 1.165) is 52.0 Å². The van der Waals surface area contributed by atoms with Crippen molar-refractivity contribution in [1.29, 1.82) is 0 Å². The Kier molecular flexibility index (Phi) is 6.09. The third kappa shape index (κ3) is 4.25. The van der Waals surface area contributed by atoms with E-state index in [1.807, 2.05) is 4.90 Å². The molecule has 0 aromatic heterocycles. The molecule has 0 spiro atoms. The van der Waals surface area contributed by atoms with Gasteiger partial charge in [0.25, 0.3) is 0 Å². The maximum absolute atomic E-state index is 12.7. The van der Waals surface area contributed by atoms with Crippen molar-refractivity contribution in [3.8, 4) is 0 Å². The van der Waals surface area contributed by atoms with Crippen LogP contribution >= 0.6 is 0 Å². The predicted octanol–water partition coefficient (Wildman–Crippen LogP) is 1.18. The fourth-order valence-corrected chi connectivity index (χ4v) is 2.53. The van der Waals surface area contributed by atoms with Gasteiger partial charge in [0.05, 0.1) is 5.41 Å². The lowest BCUT2D eigenvalue weighted by Gasteiger charge is -2.37. The maximum Gasteiger partial charge on any atom is 0.229 e. The fraction of sp³-hybridized carbons (Fsp3) is 0.929. The number of rotatable bonds is 6. The van der Waals surface area contributed by atoms with Crippen LogP contribution in [0.2, 0.25) is 0 Å². The normalized spacial score (nSPS) is 24.3. The lowest BCUT2D eigenvalue weighted by atomic mass is 9.81. The first-order valence-electron chi connectivity index (χ1n) is 7.14. The molecule has 1 atom stereocenters. The molecule has 1 amide bonds. The van der Waals surface area contributed by atoms with E-state index in [0.29, 0.717) is 5.91 Å². The van der Waals surface area contributed by atoms with Gasteiger partial charge in [0.15, 0.2) is 0 Å². The van der Waals surface area contributed by atoms with E-state index >= 15 is 0 Å². The molecule has 1 fully saturated rings. The van der Waals surface area contributed by atoms with Crippen molar-refractivity contribution in [2.24, 2.45) is 5.41 Å². The van der Waals surface area contributed by atoms with Gasteiger partial charge in [-0.25, -0.2) is 0 Å². The summed E-state index contributed by atoms with van der Waals surface area (Å²) in [5.74, 6) is 0.332. The third-order valence-corrected chi connectivity index (χ3v) is 3.71. The number of nitrogens with zero attached hydrogens (tertiary/aromatic N) is 2. The average molecular weight is 255 g/mol. The molecular weight excluding hydrogens is 226 g/mol. The summed E-state index contributed by atoms with van der Waals surface area (Å²) in [6.45, 7) is 8.78. The highest BCUT2D eigenvalue weighted by atomic mass is 16.2. The van der Waals surface area contributed by atoms with E-state index in [1.54, 1.807) is 0 Å². The van der Waals surface area contributed by atoms with Crippen LogP contribution in [0.25, 0.3) is 0 Å². The molecular formula is C14H29N3O. The van der Waals surface area contributed by atoms with Crippen LogP contribution < -0.4 is 5.32 Å². The van der Waals surface area contributed by atoms with Gasteiger partial charge in [-0.1, -0.05) is 6.92 Å². The van der Waals surface area contributed by atoms with Crippen molar-refractivity contribution >= 4 is 5.91 Å². The van der Waals surface area contributed by atoms with Gasteiger partial charge in [0, 0.05) is 26.2 Å². The predicted molar refractivity (Wildman–Crippen MR) is 75.6 cm³/mol. The summed E-state index contributed by atoms with van der Waals surface area (Å²) in [6.07, 6.45) is 3.15. The first-order chi connectivity index (χ1) is 8.49. The van der Waals surface area contributed by atoms with Crippen LogP contribution in [-0.2, 0) is 4.79 Å². The Morgan fingerprint density at radius 1 is 1.28 bits per heavy atom. The summed E-state index contributed by atoms with van der Waals surface area (Å²) >= 11 is 0. The molecule has 1 rings (SSSR count). The molecule has 0 aromatic carbocycles. The zero-order valence-corrected chi connectivity index (χ0v) is 12.5. The molecule has 0 bridgehead atoms. The molecule has 1 unspecified atom stereocenters. The lowest BCUT2D eigenvalue weighted by Crippen LogP contribution is -2.51. The zero-order chi connectivity index (χ0) is 13.6. The summed E-state index contributed by atoms with van der Waals surface area (Å²) in [5, 5.41) is 3.36. The second-order valence-corrected chi connectivity index (χ2v) is 5.94. The number of carbonyl (C=O) groups excluding carboxylic acids is 1. The Morgan fingerprint density at radius 3 is 2.50 bits per heavy atom. The Morgan fingerprint density at radius 2 is 2.00 bits per heavy atom. The molecule has 1 aliphatic heterocycles. The first-order valence-corrected chi connectivity index (χ1v) is 7.14. The number of carbonyl (C=O) groups is 1. The SMILES string of the molecule is CCCN(CCN(C)C)C(=O)C1(C)CCCNC1. The highest BCUT2D eigenvalue weighted by Gasteiger charge is 2.37. The Balaban J connectivity index is 2.62. The van der Waals surface area contributed by atoms with E-state index in [2.05, 4.69) is 38.2 Å². The van der Waals surface area contributed by atoms with Crippen LogP contribution in [-0.4, -0.2) is 62.5 Å². The molecule has 0 radical (unpaired) electrons. The van der Waals surface area contributed by atoms with Crippen molar-refractivity contribution in [3.05, 3.63) is 0 Å². The van der Waals surface area contributed by atoms with Crippen LogP contribution in [0.5, 0.6) is 0 Å². The largest absolute Gasteiger partial charge is 0.341 e. The lowest BCUT2D eigenvalue weighted by molar-refractivity contribution is -0.142. The van der Waals surface area contributed by atoms with Gasteiger partial charge in [-0.15, -0.1) is 0 Å². The minimum Gasteiger partial charge on any atom is -0.341 e. The van der Waals surface area contributed by atoms with Crippen LogP contribution in [0.3, 0.4) is 0 Å². The molecule has 18 heavy (non-hydrogen) atoms. The van der Waals surface area contributed by atoms with Gasteiger partial charge in [-0.2, -0.15) is 0 Å². The zero-order valence-electron chi connectivity index (χ0n) is 12.5. The van der Waals surface area contributed by atoms with Crippen LogP contribution in [0.4, 0.5) is 0 Å². The third-order valence-electron chi connectivity index (χ3n) is 3.71. The van der Waals surface area contributed by atoms with Crippen LogP contribution in [0.15, 0.2) is 0 Å². The van der Waals surface area contributed by atoms with E-state index in [-0.39, 0.29) is 5.41 Å². The van der Waals surface area contributed by atoms with E-state index in [1.165, 1.54) is 0 Å². The quantitative estimate of drug-likeness (QED) is 0.774. The standard InChI is InChI=1S/C14H29N3O/c1-5-9-17(11-10-16(3)4)13(18)14(2)7-6-8-15-12-14/h15H,5-12H2,1-4H3. The van der Waals surface area contributed by atoms with Gasteiger partial charge in [-0.05, 0) is 46.8 Å². The average Bonchev–Trinajstić information content (AvgIpc) is 2.34. The van der Waals surface area contributed by atoms with E-state index in [9.17, 15) is 4.79 Å². The second kappa shape index (κ2) is 7.10. The Hall–Kier alpha value is -0.610. The number of nitrogens with one attached hydrogen (secondary N) is 1. The molecule has 1 heterocycles. The molecule has 4 nitrogen and oxygen atoms in total. The molecule has 1 N–H and O–H groups in total. The first kappa shape index (κ1) is 15.4. The van der Waals surface area contributed by atoms with Gasteiger partial charge >= 0.3 is 0 Å². The minimum atomic E-state index is -0.195. The van der Waals surface area contributed by atoms with Gasteiger partial charge in [0.1, 0.15) is 0 Å². The minimum absolute atomic E-state index is 0.195. The number of amides is 1. The van der Waals surface area contributed by atoms with Crippen molar-refractivity contribution in [1.82, 2.24) is 15.1 Å². The number of hydrogen-bond donors (Lipinski definition) is 1. The van der Waals surface area contributed by atoms with Crippen LogP contribution in [0.1, 0.15) is 33.1 Å². The summed E-state index contributed by atoms with van der Waals surface area (Å²) in [5.41, 5.74) is -0.195. The highest BCUT2D eigenvalue weighted by molar-refractivity contribution is 5.82. The van der Waals surface area contributed by atoms with E-state index in [4.69, 9.17) is 0 Å². The fourth-order valence-electron chi connectivity index (χ4n) is 2.53. The molecule has 1 aliphatic rings. The summed E-state index contributed by atoms with van der Waals surface area (Å²) < 4.78 is 0. The van der Waals surface area contributed by atoms with Crippen molar-refractivity contribution < 1.29 is 4.79 Å². The monoisotopic (exact) mass is 255 g/mol. The summed E-state index contributed by atoms with van der Waals surface area (Å²) in [6, 6.07) is 0. The van der Waals surface area contributed by atoms with Crippen molar-refractivity contribution in [2.75, 3.05) is 46.8 Å². The molecule has 0 aromatic rings. The van der Waals surface area contributed by atoms with Gasteiger partial charge in [0.2, 0.25) is 5.91 Å². The molecule has 1 saturated heterocycles. The smallest absolute Gasteiger partial charge is 0.229 e. The Bertz CT molecular complexity index is 260. The maximum atomic E-state index is 12.7. The second-order valence-electron chi connectivity index (χ2n) is 5.94. The summed E-state index contributed by atoms with van der Waals surface area (Å²) in [7, 11) is 4.11. The Labute approximate surface area is 112 Å². The van der Waals surface area contributed by atoms with Crippen molar-refractivity contribution in [2.45, 2.75) is 33.1 Å². The van der Waals surface area contributed by atoms with E-state index < -0.39 is 0 Å². The number of hydrogen-bond acceptors (Lipinski definition) is 3. The van der Waals surface area contributed by atoms with Crippen LogP contribution in [0, 0.1) is 5.41 Å². The highest BCUT2D eigenvalue weighted by Crippen LogP contribution is 2.28. The molecule has 106 valence electrons. The number of likely N-dealkylation sites (N-methyl/N-ethyl adjacent to an activating group) is 1. The summed E-state index contributed by atoms with van der Waals surface area (Å²) in [4.78, 5) is 16.9. The molecule has 4 heteroatoms. The number of piperidine rings is 1. The van der Waals surface area contributed by atoms with Gasteiger partial charge in [-0.3, -0.25) is 4.79 Å². The molecule has 0 aliphatic carbocycles. The topological polar surface area (TPSA) is 35.6 Å². The van der Waals surface area contributed by atoms with Crippen molar-refractivity contribution in [3.63, 3.8) is 0 Å².